The molecule has 1 aliphatic heterocycles. The molecule has 0 spiro atoms. The van der Waals surface area contributed by atoms with Crippen LogP contribution in [0.25, 0.3) is 0 Å². The van der Waals surface area contributed by atoms with Crippen molar-refractivity contribution >= 4 is 29.0 Å². The van der Waals surface area contributed by atoms with E-state index in [0.29, 0.717) is 16.8 Å². The molecule has 1 saturated heterocycles. The quantitative estimate of drug-likeness (QED) is 0.633. The fourth-order valence-electron chi connectivity index (χ4n) is 2.53. The molecule has 1 fully saturated rings. The van der Waals surface area contributed by atoms with E-state index < -0.39 is 16.1 Å². The zero-order chi connectivity index (χ0) is 16.6. The molecule has 2 aromatic rings. The van der Waals surface area contributed by atoms with E-state index in [0.717, 1.165) is 0 Å². The Morgan fingerprint density at radius 2 is 2.04 bits per heavy atom. The third kappa shape index (κ3) is 2.79. The number of carbonyl (C=O) groups excluding carboxylic acids is 1. The van der Waals surface area contributed by atoms with Gasteiger partial charge in [-0.15, -0.1) is 11.8 Å². The first-order valence-electron chi connectivity index (χ1n) is 6.92. The van der Waals surface area contributed by atoms with Crippen molar-refractivity contribution in [1.82, 2.24) is 0 Å². The molecule has 0 saturated carbocycles. The SMILES string of the molecule is Cc1ccc(N2C(=O)CS[C@@H]2c2ccccc2[N+](=O)[O-])cc1F. The summed E-state index contributed by atoms with van der Waals surface area (Å²) in [6, 6.07) is 10.9. The summed E-state index contributed by atoms with van der Waals surface area (Å²) in [6.07, 6.45) is 0. The lowest BCUT2D eigenvalue weighted by Gasteiger charge is -2.24. The summed E-state index contributed by atoms with van der Waals surface area (Å²) in [5.74, 6) is -0.401. The van der Waals surface area contributed by atoms with Gasteiger partial charge in [-0.25, -0.2) is 4.39 Å². The van der Waals surface area contributed by atoms with Gasteiger partial charge in [0.15, 0.2) is 0 Å². The highest BCUT2D eigenvalue weighted by Gasteiger charge is 2.37. The monoisotopic (exact) mass is 332 g/mol. The van der Waals surface area contributed by atoms with Crippen molar-refractivity contribution in [3.05, 3.63) is 69.5 Å². The molecule has 1 heterocycles. The molecule has 23 heavy (non-hydrogen) atoms. The van der Waals surface area contributed by atoms with Crippen LogP contribution >= 0.6 is 11.8 Å². The number of hydrogen-bond donors (Lipinski definition) is 0. The second-order valence-corrected chi connectivity index (χ2v) is 6.25. The number of thioether (sulfide) groups is 1. The first-order valence-corrected chi connectivity index (χ1v) is 7.97. The topological polar surface area (TPSA) is 63.5 Å². The van der Waals surface area contributed by atoms with E-state index in [9.17, 15) is 19.3 Å². The summed E-state index contributed by atoms with van der Waals surface area (Å²) < 4.78 is 13.8. The minimum absolute atomic E-state index is 0.0442. The molecule has 1 atom stereocenters. The number of nitro benzene ring substituents is 1. The van der Waals surface area contributed by atoms with Crippen LogP contribution in [0, 0.1) is 22.9 Å². The Kier molecular flexibility index (Phi) is 4.04. The third-order valence-corrected chi connectivity index (χ3v) is 4.90. The van der Waals surface area contributed by atoms with Crippen LogP contribution in [0.3, 0.4) is 0 Å². The lowest BCUT2D eigenvalue weighted by atomic mass is 10.1. The molecule has 1 amide bonds. The Morgan fingerprint density at radius 1 is 1.30 bits per heavy atom. The molecule has 0 N–H and O–H groups in total. The largest absolute Gasteiger partial charge is 0.295 e. The van der Waals surface area contributed by atoms with Crippen LogP contribution in [-0.4, -0.2) is 16.6 Å². The Labute approximate surface area is 136 Å². The Morgan fingerprint density at radius 3 is 2.74 bits per heavy atom. The predicted octanol–water partition coefficient (Wildman–Crippen LogP) is 3.82. The maximum Gasteiger partial charge on any atom is 0.275 e. The maximum atomic E-state index is 13.8. The average Bonchev–Trinajstić information content (AvgIpc) is 2.91. The van der Waals surface area contributed by atoms with Gasteiger partial charge in [-0.05, 0) is 30.7 Å². The Balaban J connectivity index is 2.07. The zero-order valence-corrected chi connectivity index (χ0v) is 13.0. The predicted molar refractivity (Wildman–Crippen MR) is 86.9 cm³/mol. The van der Waals surface area contributed by atoms with E-state index in [2.05, 4.69) is 0 Å². The molecule has 118 valence electrons. The van der Waals surface area contributed by atoms with Gasteiger partial charge in [0.1, 0.15) is 11.2 Å². The third-order valence-electron chi connectivity index (χ3n) is 3.70. The van der Waals surface area contributed by atoms with Crippen molar-refractivity contribution in [1.29, 1.82) is 0 Å². The van der Waals surface area contributed by atoms with E-state index in [1.54, 1.807) is 37.3 Å². The average molecular weight is 332 g/mol. The van der Waals surface area contributed by atoms with Crippen LogP contribution in [0.1, 0.15) is 16.5 Å². The van der Waals surface area contributed by atoms with Crippen LogP contribution in [0.4, 0.5) is 15.8 Å². The highest BCUT2D eigenvalue weighted by Crippen LogP contribution is 2.44. The smallest absolute Gasteiger partial charge is 0.275 e. The minimum atomic E-state index is -0.536. The summed E-state index contributed by atoms with van der Waals surface area (Å²) in [4.78, 5) is 24.4. The number of hydrogen-bond acceptors (Lipinski definition) is 4. The Hall–Kier alpha value is -2.41. The molecule has 0 radical (unpaired) electrons. The fraction of sp³-hybridized carbons (Fsp3) is 0.188. The molecule has 7 heteroatoms. The zero-order valence-electron chi connectivity index (χ0n) is 12.2. The van der Waals surface area contributed by atoms with E-state index in [4.69, 9.17) is 0 Å². The first kappa shape index (κ1) is 15.5. The van der Waals surface area contributed by atoms with Gasteiger partial charge in [0.05, 0.1) is 16.2 Å². The van der Waals surface area contributed by atoms with Gasteiger partial charge in [0.25, 0.3) is 5.69 Å². The number of halogens is 1. The van der Waals surface area contributed by atoms with E-state index in [-0.39, 0.29) is 17.3 Å². The lowest BCUT2D eigenvalue weighted by Crippen LogP contribution is -2.28. The fourth-order valence-corrected chi connectivity index (χ4v) is 3.73. The molecule has 0 aromatic heterocycles. The molecular formula is C16H13FN2O3S. The van der Waals surface area contributed by atoms with Crippen molar-refractivity contribution < 1.29 is 14.1 Å². The lowest BCUT2D eigenvalue weighted by molar-refractivity contribution is -0.385. The molecule has 1 aliphatic rings. The van der Waals surface area contributed by atoms with Gasteiger partial charge < -0.3 is 0 Å². The summed E-state index contributed by atoms with van der Waals surface area (Å²) in [6.45, 7) is 1.64. The number of nitro groups is 1. The molecule has 3 rings (SSSR count). The first-order chi connectivity index (χ1) is 11.0. The van der Waals surface area contributed by atoms with Gasteiger partial charge in [-0.2, -0.15) is 0 Å². The number of nitrogens with zero attached hydrogens (tertiary/aromatic N) is 2. The number of amides is 1. The van der Waals surface area contributed by atoms with Gasteiger partial charge in [-0.1, -0.05) is 18.2 Å². The van der Waals surface area contributed by atoms with Gasteiger partial charge in [-0.3, -0.25) is 19.8 Å². The maximum absolute atomic E-state index is 13.8. The molecule has 0 bridgehead atoms. The number of rotatable bonds is 3. The van der Waals surface area contributed by atoms with Crippen molar-refractivity contribution in [2.24, 2.45) is 0 Å². The van der Waals surface area contributed by atoms with Crippen molar-refractivity contribution in [3.8, 4) is 0 Å². The summed E-state index contributed by atoms with van der Waals surface area (Å²) in [5, 5.41) is 10.7. The number of aryl methyl sites for hydroxylation is 1. The van der Waals surface area contributed by atoms with Crippen LogP contribution in [-0.2, 0) is 4.79 Å². The van der Waals surface area contributed by atoms with Crippen molar-refractivity contribution in [2.75, 3.05) is 10.7 Å². The van der Waals surface area contributed by atoms with Crippen molar-refractivity contribution in [3.63, 3.8) is 0 Å². The molecule has 0 aliphatic carbocycles. The van der Waals surface area contributed by atoms with E-state index in [1.807, 2.05) is 0 Å². The number of benzene rings is 2. The van der Waals surface area contributed by atoms with Crippen LogP contribution in [0.5, 0.6) is 0 Å². The Bertz CT molecular complexity index is 797. The summed E-state index contributed by atoms with van der Waals surface area (Å²) >= 11 is 1.30. The normalized spacial score (nSPS) is 17.6. The minimum Gasteiger partial charge on any atom is -0.295 e. The number of carbonyl (C=O) groups is 1. The summed E-state index contributed by atoms with van der Waals surface area (Å²) in [7, 11) is 0. The highest BCUT2D eigenvalue weighted by molar-refractivity contribution is 8.00. The van der Waals surface area contributed by atoms with Crippen LogP contribution in [0.2, 0.25) is 0 Å². The number of para-hydroxylation sites is 1. The van der Waals surface area contributed by atoms with Crippen molar-refractivity contribution in [2.45, 2.75) is 12.3 Å². The van der Waals surface area contributed by atoms with Gasteiger partial charge in [0.2, 0.25) is 5.91 Å². The van der Waals surface area contributed by atoms with Crippen LogP contribution in [0.15, 0.2) is 42.5 Å². The highest BCUT2D eigenvalue weighted by atomic mass is 32.2. The van der Waals surface area contributed by atoms with Gasteiger partial charge in [0, 0.05) is 11.8 Å². The van der Waals surface area contributed by atoms with Gasteiger partial charge >= 0.3 is 0 Å². The van der Waals surface area contributed by atoms with Crippen LogP contribution < -0.4 is 4.90 Å². The summed E-state index contributed by atoms with van der Waals surface area (Å²) in [5.41, 5.74) is 1.29. The van der Waals surface area contributed by atoms with E-state index in [1.165, 1.54) is 28.8 Å². The number of anilines is 1. The molecule has 5 nitrogen and oxygen atoms in total. The second kappa shape index (κ2) is 6.00. The second-order valence-electron chi connectivity index (χ2n) is 5.18. The molecule has 2 aromatic carbocycles. The standard InChI is InChI=1S/C16H13FN2O3S/c1-10-6-7-11(8-13(10)17)18-15(20)9-23-16(18)12-4-2-3-5-14(12)19(21)22/h2-8,16H,9H2,1H3/t16-/m1/s1. The van der Waals surface area contributed by atoms with E-state index >= 15 is 0 Å². The molecule has 0 unspecified atom stereocenters. The molecular weight excluding hydrogens is 319 g/mol.